The fraction of sp³-hybridized carbons (Fsp3) is 0.333. The molecule has 0 aromatic heterocycles. The maximum absolute atomic E-state index is 12.8. The minimum absolute atomic E-state index is 0.113. The number of rotatable bonds is 10. The van der Waals surface area contributed by atoms with Gasteiger partial charge in [-0.25, -0.2) is 4.39 Å². The Morgan fingerprint density at radius 2 is 1.61 bits per heavy atom. The van der Waals surface area contributed by atoms with E-state index in [0.717, 1.165) is 11.1 Å². The highest BCUT2D eigenvalue weighted by Crippen LogP contribution is 2.25. The van der Waals surface area contributed by atoms with E-state index in [2.05, 4.69) is 10.6 Å². The van der Waals surface area contributed by atoms with Crippen LogP contribution in [0.2, 0.25) is 0 Å². The Labute approximate surface area is 164 Å². The van der Waals surface area contributed by atoms with Crippen molar-refractivity contribution in [1.82, 2.24) is 10.6 Å². The van der Waals surface area contributed by atoms with Crippen LogP contribution in [0.5, 0.6) is 11.5 Å². The van der Waals surface area contributed by atoms with Crippen molar-refractivity contribution in [1.29, 1.82) is 0 Å². The van der Waals surface area contributed by atoms with E-state index in [9.17, 15) is 14.0 Å². The van der Waals surface area contributed by atoms with Gasteiger partial charge >= 0.3 is 0 Å². The van der Waals surface area contributed by atoms with Gasteiger partial charge in [0.15, 0.2) is 0 Å². The Hall–Kier alpha value is -3.09. The van der Waals surface area contributed by atoms with E-state index >= 15 is 0 Å². The van der Waals surface area contributed by atoms with Gasteiger partial charge in [0.25, 0.3) is 0 Å². The first kappa shape index (κ1) is 21.2. The molecular formula is C21H25FN2O4. The van der Waals surface area contributed by atoms with Gasteiger partial charge in [0.1, 0.15) is 17.3 Å². The fourth-order valence-electron chi connectivity index (χ4n) is 2.67. The minimum Gasteiger partial charge on any atom is -0.497 e. The third-order valence-corrected chi connectivity index (χ3v) is 4.16. The number of carbonyl (C=O) groups is 2. The van der Waals surface area contributed by atoms with Crippen LogP contribution >= 0.6 is 0 Å². The van der Waals surface area contributed by atoms with Gasteiger partial charge in [-0.3, -0.25) is 9.59 Å². The second-order valence-electron chi connectivity index (χ2n) is 6.18. The predicted molar refractivity (Wildman–Crippen MR) is 104 cm³/mol. The number of halogens is 1. The van der Waals surface area contributed by atoms with Crippen molar-refractivity contribution in [3.63, 3.8) is 0 Å². The van der Waals surface area contributed by atoms with E-state index in [0.29, 0.717) is 37.4 Å². The van der Waals surface area contributed by atoms with Gasteiger partial charge in [0, 0.05) is 19.5 Å². The van der Waals surface area contributed by atoms with E-state index in [-0.39, 0.29) is 24.1 Å². The maximum Gasteiger partial charge on any atom is 0.224 e. The molecule has 0 saturated heterocycles. The summed E-state index contributed by atoms with van der Waals surface area (Å²) in [4.78, 5) is 23.8. The zero-order valence-electron chi connectivity index (χ0n) is 16.1. The molecule has 2 aromatic rings. The van der Waals surface area contributed by atoms with Gasteiger partial charge in [-0.05, 0) is 47.9 Å². The van der Waals surface area contributed by atoms with Gasteiger partial charge in [-0.15, -0.1) is 0 Å². The molecule has 2 aromatic carbocycles. The van der Waals surface area contributed by atoms with Crippen LogP contribution in [0.3, 0.4) is 0 Å². The molecule has 0 unspecified atom stereocenters. The molecule has 0 bridgehead atoms. The number of ether oxygens (including phenoxy) is 2. The second kappa shape index (κ2) is 10.9. The van der Waals surface area contributed by atoms with Crippen LogP contribution in [-0.2, 0) is 22.4 Å². The minimum atomic E-state index is -0.335. The van der Waals surface area contributed by atoms with Crippen molar-refractivity contribution in [3.8, 4) is 11.5 Å². The van der Waals surface area contributed by atoms with Crippen molar-refractivity contribution in [2.75, 3.05) is 27.3 Å². The van der Waals surface area contributed by atoms with E-state index < -0.39 is 0 Å². The zero-order valence-corrected chi connectivity index (χ0v) is 16.1. The molecule has 0 heterocycles. The average molecular weight is 388 g/mol. The summed E-state index contributed by atoms with van der Waals surface area (Å²) >= 11 is 0. The molecule has 7 heteroatoms. The summed E-state index contributed by atoms with van der Waals surface area (Å²) in [6.45, 7) is 0.664. The predicted octanol–water partition coefficient (Wildman–Crippen LogP) is 2.25. The molecule has 2 amide bonds. The van der Waals surface area contributed by atoms with E-state index in [1.807, 2.05) is 12.1 Å². The average Bonchev–Trinajstić information content (AvgIpc) is 2.71. The summed E-state index contributed by atoms with van der Waals surface area (Å²) < 4.78 is 23.3. The lowest BCUT2D eigenvalue weighted by atomic mass is 10.1. The lowest BCUT2D eigenvalue weighted by Crippen LogP contribution is -2.35. The van der Waals surface area contributed by atoms with Crippen LogP contribution in [0.15, 0.2) is 42.5 Å². The van der Waals surface area contributed by atoms with Crippen LogP contribution in [0.4, 0.5) is 4.39 Å². The lowest BCUT2D eigenvalue weighted by molar-refractivity contribution is -0.122. The number of hydrogen-bond acceptors (Lipinski definition) is 4. The standard InChI is InChI=1S/C21H25FN2O4/c1-27-18-8-9-19(28-2)16(14-18)5-10-20(25)23-11-12-24-21(26)13-15-3-6-17(22)7-4-15/h3-4,6-9,14H,5,10-13H2,1-2H3,(H,23,25)(H,24,26). The highest BCUT2D eigenvalue weighted by molar-refractivity contribution is 5.79. The third-order valence-electron chi connectivity index (χ3n) is 4.16. The number of hydrogen-bond donors (Lipinski definition) is 2. The van der Waals surface area contributed by atoms with Crippen LogP contribution < -0.4 is 20.1 Å². The fourth-order valence-corrected chi connectivity index (χ4v) is 2.67. The quantitative estimate of drug-likeness (QED) is 0.612. The molecule has 150 valence electrons. The number of carbonyl (C=O) groups excluding carboxylic acids is 2. The summed E-state index contributed by atoms with van der Waals surface area (Å²) in [5, 5.41) is 5.49. The highest BCUT2D eigenvalue weighted by Gasteiger charge is 2.09. The topological polar surface area (TPSA) is 76.7 Å². The first-order valence-corrected chi connectivity index (χ1v) is 9.00. The van der Waals surface area contributed by atoms with Crippen molar-refractivity contribution >= 4 is 11.8 Å². The molecular weight excluding hydrogens is 363 g/mol. The first-order chi connectivity index (χ1) is 13.5. The summed E-state index contributed by atoms with van der Waals surface area (Å²) in [6.07, 6.45) is 0.986. The Balaban J connectivity index is 1.67. The van der Waals surface area contributed by atoms with E-state index in [1.165, 1.54) is 12.1 Å². The van der Waals surface area contributed by atoms with Crippen LogP contribution in [-0.4, -0.2) is 39.1 Å². The van der Waals surface area contributed by atoms with E-state index in [4.69, 9.17) is 9.47 Å². The first-order valence-electron chi connectivity index (χ1n) is 9.00. The van der Waals surface area contributed by atoms with Crippen LogP contribution in [0, 0.1) is 5.82 Å². The molecule has 0 aliphatic carbocycles. The largest absolute Gasteiger partial charge is 0.497 e. The summed E-state index contributed by atoms with van der Waals surface area (Å²) in [5.41, 5.74) is 1.62. The molecule has 28 heavy (non-hydrogen) atoms. The van der Waals surface area contributed by atoms with Crippen molar-refractivity contribution in [2.45, 2.75) is 19.3 Å². The Morgan fingerprint density at radius 3 is 2.25 bits per heavy atom. The molecule has 0 radical (unpaired) electrons. The molecule has 0 fully saturated rings. The molecule has 0 saturated carbocycles. The zero-order chi connectivity index (χ0) is 20.4. The van der Waals surface area contributed by atoms with Crippen molar-refractivity contribution < 1.29 is 23.5 Å². The number of amides is 2. The Morgan fingerprint density at radius 1 is 0.929 bits per heavy atom. The Kier molecular flexibility index (Phi) is 8.27. The smallest absolute Gasteiger partial charge is 0.224 e. The Bertz CT molecular complexity index is 793. The van der Waals surface area contributed by atoms with Gasteiger partial charge < -0.3 is 20.1 Å². The van der Waals surface area contributed by atoms with Crippen LogP contribution in [0.25, 0.3) is 0 Å². The second-order valence-corrected chi connectivity index (χ2v) is 6.18. The number of nitrogens with one attached hydrogen (secondary N) is 2. The molecule has 0 aliphatic rings. The number of methoxy groups -OCH3 is 2. The normalized spacial score (nSPS) is 10.2. The highest BCUT2D eigenvalue weighted by atomic mass is 19.1. The van der Waals surface area contributed by atoms with E-state index in [1.54, 1.807) is 32.4 Å². The summed E-state index contributed by atoms with van der Waals surface area (Å²) in [6, 6.07) is 11.2. The molecule has 6 nitrogen and oxygen atoms in total. The van der Waals surface area contributed by atoms with Crippen molar-refractivity contribution in [2.24, 2.45) is 0 Å². The number of aryl methyl sites for hydroxylation is 1. The number of benzene rings is 2. The van der Waals surface area contributed by atoms with Crippen molar-refractivity contribution in [3.05, 3.63) is 59.4 Å². The molecule has 2 N–H and O–H groups in total. The van der Waals surface area contributed by atoms with Gasteiger partial charge in [0.2, 0.25) is 11.8 Å². The monoisotopic (exact) mass is 388 g/mol. The maximum atomic E-state index is 12.8. The molecule has 0 atom stereocenters. The summed E-state index contributed by atoms with van der Waals surface area (Å²) in [5.74, 6) is 0.791. The molecule has 0 aliphatic heterocycles. The SMILES string of the molecule is COc1ccc(OC)c(CCC(=O)NCCNC(=O)Cc2ccc(F)cc2)c1. The molecule has 0 spiro atoms. The van der Waals surface area contributed by atoms with Crippen LogP contribution in [0.1, 0.15) is 17.5 Å². The molecule has 2 rings (SSSR count). The summed E-state index contributed by atoms with van der Waals surface area (Å²) in [7, 11) is 3.17. The third kappa shape index (κ3) is 6.90. The van der Waals surface area contributed by atoms with Gasteiger partial charge in [0.05, 0.1) is 20.6 Å². The lowest BCUT2D eigenvalue weighted by Gasteiger charge is -2.11. The van der Waals surface area contributed by atoms with Gasteiger partial charge in [-0.2, -0.15) is 0 Å². The van der Waals surface area contributed by atoms with Gasteiger partial charge in [-0.1, -0.05) is 12.1 Å².